The Morgan fingerprint density at radius 1 is 1.15 bits per heavy atom. The molecule has 15 heteroatoms. The van der Waals surface area contributed by atoms with Gasteiger partial charge in [0.25, 0.3) is 0 Å². The number of aryl methyl sites for hydroxylation is 1. The smallest absolute Gasteiger partial charge is 0.387 e. The van der Waals surface area contributed by atoms with E-state index in [2.05, 4.69) is 30.4 Å². The van der Waals surface area contributed by atoms with E-state index in [0.29, 0.717) is 28.6 Å². The Bertz CT molecular complexity index is 1610. The Kier molecular flexibility index (Phi) is 7.38. The number of carbonyl (C=O) groups is 2. The van der Waals surface area contributed by atoms with Gasteiger partial charge in [-0.1, -0.05) is 6.07 Å². The van der Waals surface area contributed by atoms with Crippen molar-refractivity contribution in [1.82, 2.24) is 34.6 Å². The molecule has 1 aliphatic heterocycles. The molecule has 0 aliphatic carbocycles. The quantitative estimate of drug-likeness (QED) is 0.336. The van der Waals surface area contributed by atoms with Crippen LogP contribution in [0.5, 0.6) is 0 Å². The standard InChI is InChI=1S/C26H24F4N8O3/c1-13(39)24-18-5-15(16-7-32-14(2)33-8-16)3-4-19(18)38(36-24)12-23(40)37-11-17(27)6-20(37)25(41)35-22-10-31-9-21(34-22)26(28,29)30/h3-5,7-10,13,17,20,39H,6,11-12H2,1-2H3,(H,34,35,41)/t13?,17-,20+/m1/s1. The lowest BCUT2D eigenvalue weighted by Gasteiger charge is -2.23. The number of halogens is 4. The third-order valence-electron chi connectivity index (χ3n) is 6.62. The molecular formula is C26H24F4N8O3. The molecule has 1 aromatic carbocycles. The molecule has 2 N–H and O–H groups in total. The first-order valence-corrected chi connectivity index (χ1v) is 12.5. The van der Waals surface area contributed by atoms with E-state index in [0.717, 1.165) is 22.2 Å². The number of amides is 2. The second-order valence-corrected chi connectivity index (χ2v) is 9.64. The number of benzene rings is 1. The highest BCUT2D eigenvalue weighted by atomic mass is 19.4. The van der Waals surface area contributed by atoms with Gasteiger partial charge in [0.1, 0.15) is 24.6 Å². The first kappa shape index (κ1) is 28.0. The van der Waals surface area contributed by atoms with Gasteiger partial charge in [-0.05, 0) is 31.5 Å². The Hall–Kier alpha value is -4.53. The minimum Gasteiger partial charge on any atom is -0.387 e. The van der Waals surface area contributed by atoms with Gasteiger partial charge in [-0.15, -0.1) is 0 Å². The van der Waals surface area contributed by atoms with Crippen molar-refractivity contribution < 1.29 is 32.3 Å². The van der Waals surface area contributed by atoms with Gasteiger partial charge in [0.15, 0.2) is 11.5 Å². The predicted octanol–water partition coefficient (Wildman–Crippen LogP) is 3.24. The average molecular weight is 573 g/mol. The second kappa shape index (κ2) is 10.8. The van der Waals surface area contributed by atoms with Gasteiger partial charge in [-0.3, -0.25) is 19.3 Å². The van der Waals surface area contributed by atoms with Crippen LogP contribution in [0.3, 0.4) is 0 Å². The third kappa shape index (κ3) is 5.84. The fraction of sp³-hybridized carbons (Fsp3) is 0.346. The molecule has 1 aliphatic rings. The minimum atomic E-state index is -4.78. The van der Waals surface area contributed by atoms with Crippen LogP contribution in [0.2, 0.25) is 0 Å². The number of hydrogen-bond acceptors (Lipinski definition) is 8. The minimum absolute atomic E-state index is 0.310. The zero-order valence-electron chi connectivity index (χ0n) is 21.8. The number of fused-ring (bicyclic) bond motifs is 1. The summed E-state index contributed by atoms with van der Waals surface area (Å²) in [5.74, 6) is -1.41. The molecule has 1 fully saturated rings. The van der Waals surface area contributed by atoms with Crippen LogP contribution in [0.15, 0.2) is 43.0 Å². The van der Waals surface area contributed by atoms with Crippen LogP contribution in [0.25, 0.3) is 22.0 Å². The zero-order valence-corrected chi connectivity index (χ0v) is 21.8. The van der Waals surface area contributed by atoms with Crippen molar-refractivity contribution >= 4 is 28.5 Å². The van der Waals surface area contributed by atoms with Crippen LogP contribution in [-0.4, -0.2) is 70.3 Å². The van der Waals surface area contributed by atoms with Crippen molar-refractivity contribution in [3.05, 3.63) is 60.2 Å². The number of aromatic nitrogens is 6. The van der Waals surface area contributed by atoms with Gasteiger partial charge in [-0.25, -0.2) is 19.3 Å². The molecular weight excluding hydrogens is 548 g/mol. The summed E-state index contributed by atoms with van der Waals surface area (Å²) in [4.78, 5) is 42.4. The summed E-state index contributed by atoms with van der Waals surface area (Å²) in [5, 5.41) is 17.5. The second-order valence-electron chi connectivity index (χ2n) is 9.64. The highest BCUT2D eigenvalue weighted by Crippen LogP contribution is 2.30. The molecule has 3 aromatic heterocycles. The van der Waals surface area contributed by atoms with E-state index in [1.54, 1.807) is 37.5 Å². The summed E-state index contributed by atoms with van der Waals surface area (Å²) in [5.41, 5.74) is 1.02. The molecule has 0 saturated carbocycles. The van der Waals surface area contributed by atoms with Gasteiger partial charge in [-0.2, -0.15) is 18.3 Å². The zero-order chi connectivity index (χ0) is 29.5. The maximum absolute atomic E-state index is 14.4. The number of aliphatic hydroxyl groups is 1. The largest absolute Gasteiger partial charge is 0.434 e. The lowest BCUT2D eigenvalue weighted by molar-refractivity contribution is -0.141. The maximum Gasteiger partial charge on any atom is 0.434 e. The van der Waals surface area contributed by atoms with Crippen LogP contribution >= 0.6 is 0 Å². The highest BCUT2D eigenvalue weighted by Gasteiger charge is 2.40. The fourth-order valence-corrected chi connectivity index (χ4v) is 4.65. The number of alkyl halides is 4. The molecule has 4 heterocycles. The number of nitrogens with one attached hydrogen (secondary N) is 1. The Balaban J connectivity index is 1.38. The van der Waals surface area contributed by atoms with E-state index >= 15 is 0 Å². The first-order chi connectivity index (χ1) is 19.4. The van der Waals surface area contributed by atoms with Crippen molar-refractivity contribution in [2.75, 3.05) is 11.9 Å². The van der Waals surface area contributed by atoms with E-state index in [1.165, 1.54) is 11.6 Å². The lowest BCUT2D eigenvalue weighted by Crippen LogP contribution is -2.44. The van der Waals surface area contributed by atoms with Gasteiger partial charge in [0, 0.05) is 29.8 Å². The van der Waals surface area contributed by atoms with Gasteiger partial charge >= 0.3 is 6.18 Å². The van der Waals surface area contributed by atoms with Crippen LogP contribution < -0.4 is 5.32 Å². The number of likely N-dealkylation sites (tertiary alicyclic amines) is 1. The summed E-state index contributed by atoms with van der Waals surface area (Å²) in [6, 6.07) is 4.00. The molecule has 41 heavy (non-hydrogen) atoms. The monoisotopic (exact) mass is 572 g/mol. The first-order valence-electron chi connectivity index (χ1n) is 12.5. The number of aliphatic hydroxyl groups excluding tert-OH is 1. The maximum atomic E-state index is 14.4. The van der Waals surface area contributed by atoms with Crippen LogP contribution in [0.1, 0.15) is 36.7 Å². The van der Waals surface area contributed by atoms with E-state index in [9.17, 15) is 32.3 Å². The predicted molar refractivity (Wildman–Crippen MR) is 137 cm³/mol. The van der Waals surface area contributed by atoms with E-state index in [-0.39, 0.29) is 19.5 Å². The molecule has 0 bridgehead atoms. The Morgan fingerprint density at radius 3 is 2.56 bits per heavy atom. The molecule has 0 spiro atoms. The summed E-state index contributed by atoms with van der Waals surface area (Å²) in [7, 11) is 0. The van der Waals surface area contributed by atoms with Crippen molar-refractivity contribution in [3.63, 3.8) is 0 Å². The topological polar surface area (TPSA) is 139 Å². The van der Waals surface area contributed by atoms with Crippen molar-refractivity contribution in [2.24, 2.45) is 0 Å². The molecule has 214 valence electrons. The number of carbonyl (C=O) groups excluding carboxylic acids is 2. The number of anilines is 1. The fourth-order valence-electron chi connectivity index (χ4n) is 4.65. The van der Waals surface area contributed by atoms with Crippen molar-refractivity contribution in [2.45, 2.75) is 51.3 Å². The summed E-state index contributed by atoms with van der Waals surface area (Å²) in [6.07, 6.45) is -2.87. The van der Waals surface area contributed by atoms with E-state index in [1.807, 2.05) is 0 Å². The van der Waals surface area contributed by atoms with E-state index < -0.39 is 47.8 Å². The molecule has 11 nitrogen and oxygen atoms in total. The summed E-state index contributed by atoms with van der Waals surface area (Å²) < 4.78 is 54.7. The Morgan fingerprint density at radius 2 is 1.88 bits per heavy atom. The normalized spacial score (nSPS) is 18.1. The van der Waals surface area contributed by atoms with Crippen LogP contribution in [0, 0.1) is 6.92 Å². The van der Waals surface area contributed by atoms with Gasteiger partial charge < -0.3 is 15.3 Å². The van der Waals surface area contributed by atoms with Gasteiger partial charge in [0.2, 0.25) is 11.8 Å². The number of nitrogens with zero attached hydrogens (tertiary/aromatic N) is 7. The molecule has 3 atom stereocenters. The molecule has 1 saturated heterocycles. The van der Waals surface area contributed by atoms with E-state index in [4.69, 9.17) is 0 Å². The van der Waals surface area contributed by atoms with Crippen molar-refractivity contribution in [1.29, 1.82) is 0 Å². The average Bonchev–Trinajstić information content (AvgIpc) is 3.49. The molecule has 0 radical (unpaired) electrons. The molecule has 4 aromatic rings. The molecule has 5 rings (SSSR count). The SMILES string of the molecule is Cc1ncc(-c2ccc3c(c2)c(C(C)O)nn3CC(=O)N2C[C@H](F)C[C@H]2C(=O)Nc2cncc(C(F)(F)F)n2)cn1. The summed E-state index contributed by atoms with van der Waals surface area (Å²) >= 11 is 0. The summed E-state index contributed by atoms with van der Waals surface area (Å²) in [6.45, 7) is 2.53. The Labute approximate surface area is 230 Å². The highest BCUT2D eigenvalue weighted by molar-refractivity contribution is 5.97. The van der Waals surface area contributed by atoms with Crippen LogP contribution in [-0.2, 0) is 22.3 Å². The van der Waals surface area contributed by atoms with Gasteiger partial charge in [0.05, 0.1) is 36.3 Å². The van der Waals surface area contributed by atoms with Crippen LogP contribution in [0.4, 0.5) is 23.4 Å². The number of rotatable bonds is 6. The lowest BCUT2D eigenvalue weighted by atomic mass is 10.0. The third-order valence-corrected chi connectivity index (χ3v) is 6.62. The van der Waals surface area contributed by atoms with Crippen molar-refractivity contribution in [3.8, 4) is 11.1 Å². The number of hydrogen-bond donors (Lipinski definition) is 2. The molecule has 1 unspecified atom stereocenters. The molecule has 2 amide bonds.